The molecule has 0 atom stereocenters. The van der Waals surface area contributed by atoms with E-state index in [2.05, 4.69) is 17.2 Å². The van der Waals surface area contributed by atoms with Crippen LogP contribution in [0.4, 0.5) is 4.79 Å². The van der Waals surface area contributed by atoms with Crippen molar-refractivity contribution in [1.82, 2.24) is 19.8 Å². The third-order valence-corrected chi connectivity index (χ3v) is 5.51. The number of rotatable bonds is 8. The fraction of sp³-hybridized carbons (Fsp3) is 0.474. The maximum absolute atomic E-state index is 12.9. The average molecular weight is 388 g/mol. The van der Waals surface area contributed by atoms with Crippen molar-refractivity contribution in [2.75, 3.05) is 18.8 Å². The molecule has 3 rings (SSSR count). The van der Waals surface area contributed by atoms with Gasteiger partial charge >= 0.3 is 6.03 Å². The lowest BCUT2D eigenvalue weighted by Crippen LogP contribution is -2.35. The van der Waals surface area contributed by atoms with Crippen LogP contribution in [-0.2, 0) is 11.3 Å². The molecule has 7 nitrogen and oxygen atoms in total. The summed E-state index contributed by atoms with van der Waals surface area (Å²) in [7, 11) is 0. The van der Waals surface area contributed by atoms with Crippen molar-refractivity contribution in [3.63, 3.8) is 0 Å². The van der Waals surface area contributed by atoms with Crippen molar-refractivity contribution < 1.29 is 9.59 Å². The first kappa shape index (κ1) is 19.4. The molecular weight excluding hydrogens is 364 g/mol. The van der Waals surface area contributed by atoms with Crippen molar-refractivity contribution in [2.24, 2.45) is 0 Å². The summed E-state index contributed by atoms with van der Waals surface area (Å²) < 4.78 is 1.67. The Labute approximate surface area is 162 Å². The van der Waals surface area contributed by atoms with Crippen molar-refractivity contribution in [2.45, 2.75) is 44.3 Å². The van der Waals surface area contributed by atoms with E-state index < -0.39 is 0 Å². The fourth-order valence-corrected chi connectivity index (χ4v) is 3.97. The Kier molecular flexibility index (Phi) is 6.49. The topological polar surface area (TPSA) is 84.3 Å². The first-order valence-corrected chi connectivity index (χ1v) is 10.3. The summed E-state index contributed by atoms with van der Waals surface area (Å²) in [5.41, 5.74) is 0.548. The molecule has 0 saturated carbocycles. The maximum atomic E-state index is 12.9. The van der Waals surface area contributed by atoms with Crippen LogP contribution in [0.3, 0.4) is 0 Å². The fourth-order valence-electron chi connectivity index (χ4n) is 3.07. The number of unbranched alkanes of at least 4 members (excludes halogenated alkanes) is 3. The molecule has 0 radical (unpaired) electrons. The summed E-state index contributed by atoms with van der Waals surface area (Å²) in [5, 5.41) is 3.74. The molecular formula is C19H24N4O3S. The van der Waals surface area contributed by atoms with Gasteiger partial charge in [0.2, 0.25) is 5.91 Å². The minimum absolute atomic E-state index is 0.0765. The minimum Gasteiger partial charge on any atom is -0.336 e. The van der Waals surface area contributed by atoms with E-state index in [4.69, 9.17) is 0 Å². The Morgan fingerprint density at radius 1 is 1.22 bits per heavy atom. The first-order valence-electron chi connectivity index (χ1n) is 9.32. The molecule has 1 fully saturated rings. The van der Waals surface area contributed by atoms with Crippen molar-refractivity contribution in [1.29, 1.82) is 0 Å². The second-order valence-corrected chi connectivity index (χ2v) is 7.44. The predicted molar refractivity (Wildman–Crippen MR) is 106 cm³/mol. The van der Waals surface area contributed by atoms with E-state index in [1.54, 1.807) is 16.7 Å². The van der Waals surface area contributed by atoms with Gasteiger partial charge in [-0.1, -0.05) is 50.1 Å². The van der Waals surface area contributed by atoms with Crippen LogP contribution in [0, 0.1) is 0 Å². The van der Waals surface area contributed by atoms with Crippen LogP contribution >= 0.6 is 11.8 Å². The molecule has 144 valence electrons. The second-order valence-electron chi connectivity index (χ2n) is 6.49. The molecule has 1 aromatic heterocycles. The van der Waals surface area contributed by atoms with E-state index in [9.17, 15) is 14.4 Å². The van der Waals surface area contributed by atoms with Crippen LogP contribution in [-0.4, -0.2) is 45.2 Å². The van der Waals surface area contributed by atoms with Gasteiger partial charge in [0.25, 0.3) is 5.56 Å². The van der Waals surface area contributed by atoms with Crippen LogP contribution in [0.25, 0.3) is 10.9 Å². The second kappa shape index (κ2) is 9.03. The number of benzene rings is 1. The number of carbonyl (C=O) groups excluding carboxylic acids is 2. The standard InChI is InChI=1S/C19H24N4O3S/c1-2-3-4-7-11-23-17(25)14-8-5-6-9-15(14)21-19(23)27-13-16(24)22-12-10-20-18(22)26/h5-6,8-9H,2-4,7,10-13H2,1H3,(H,20,26). The molecule has 1 saturated heterocycles. The SMILES string of the molecule is CCCCCCn1c(SCC(=O)N2CCNC2=O)nc2ccccc2c1=O. The predicted octanol–water partition coefficient (Wildman–Crippen LogP) is 2.62. The first-order chi connectivity index (χ1) is 13.1. The van der Waals surface area contributed by atoms with Crippen molar-refractivity contribution in [3.8, 4) is 0 Å². The Hall–Kier alpha value is -2.35. The lowest BCUT2D eigenvalue weighted by atomic mass is 10.2. The number of nitrogens with one attached hydrogen (secondary N) is 1. The molecule has 2 heterocycles. The molecule has 3 amide bonds. The van der Waals surface area contributed by atoms with Gasteiger partial charge in [0.05, 0.1) is 16.7 Å². The molecule has 1 aromatic carbocycles. The van der Waals surface area contributed by atoms with E-state index >= 15 is 0 Å². The normalized spacial score (nSPS) is 14.0. The summed E-state index contributed by atoms with van der Waals surface area (Å²) in [6, 6.07) is 6.90. The lowest BCUT2D eigenvalue weighted by molar-refractivity contribution is -0.124. The van der Waals surface area contributed by atoms with Crippen LogP contribution in [0.15, 0.2) is 34.2 Å². The molecule has 8 heteroatoms. The summed E-state index contributed by atoms with van der Waals surface area (Å²) in [6.45, 7) is 3.58. The third-order valence-electron chi connectivity index (χ3n) is 4.54. The molecule has 0 unspecified atom stereocenters. The quantitative estimate of drug-likeness (QED) is 0.427. The number of aromatic nitrogens is 2. The van der Waals surface area contributed by atoms with Crippen molar-refractivity contribution >= 4 is 34.6 Å². The van der Waals surface area contributed by atoms with Crippen LogP contribution in [0.1, 0.15) is 32.6 Å². The third kappa shape index (κ3) is 4.50. The van der Waals surface area contributed by atoms with Gasteiger partial charge in [0, 0.05) is 19.6 Å². The maximum Gasteiger partial charge on any atom is 0.324 e. The number of hydrogen-bond acceptors (Lipinski definition) is 5. The molecule has 0 aliphatic carbocycles. The summed E-state index contributed by atoms with van der Waals surface area (Å²) >= 11 is 1.22. The van der Waals surface area contributed by atoms with Crippen LogP contribution in [0.5, 0.6) is 0 Å². The van der Waals surface area contributed by atoms with Gasteiger partial charge in [-0.15, -0.1) is 0 Å². The van der Waals surface area contributed by atoms with Gasteiger partial charge in [0.15, 0.2) is 5.16 Å². The number of urea groups is 1. The number of hydrogen-bond donors (Lipinski definition) is 1. The molecule has 1 aliphatic rings. The van der Waals surface area contributed by atoms with E-state index in [1.807, 2.05) is 12.1 Å². The van der Waals surface area contributed by atoms with E-state index in [-0.39, 0.29) is 23.3 Å². The number of fused-ring (bicyclic) bond motifs is 1. The average Bonchev–Trinajstić information content (AvgIpc) is 3.11. The van der Waals surface area contributed by atoms with Crippen molar-refractivity contribution in [3.05, 3.63) is 34.6 Å². The van der Waals surface area contributed by atoms with E-state index in [0.717, 1.165) is 25.7 Å². The Bertz CT molecular complexity index is 896. The zero-order chi connectivity index (χ0) is 19.2. The number of nitrogens with zero attached hydrogens (tertiary/aromatic N) is 3. The Morgan fingerprint density at radius 3 is 2.78 bits per heavy atom. The highest BCUT2D eigenvalue weighted by molar-refractivity contribution is 7.99. The highest BCUT2D eigenvalue weighted by atomic mass is 32.2. The van der Waals surface area contributed by atoms with Gasteiger partial charge in [-0.25, -0.2) is 9.78 Å². The lowest BCUT2D eigenvalue weighted by Gasteiger charge is -2.15. The Balaban J connectivity index is 1.82. The Morgan fingerprint density at radius 2 is 2.04 bits per heavy atom. The summed E-state index contributed by atoms with van der Waals surface area (Å²) in [4.78, 5) is 42.7. The zero-order valence-corrected chi connectivity index (χ0v) is 16.3. The number of carbonyl (C=O) groups is 2. The smallest absolute Gasteiger partial charge is 0.324 e. The van der Waals surface area contributed by atoms with Gasteiger partial charge in [0.1, 0.15) is 0 Å². The van der Waals surface area contributed by atoms with E-state index in [1.165, 1.54) is 16.7 Å². The van der Waals surface area contributed by atoms with Crippen LogP contribution in [0.2, 0.25) is 0 Å². The monoisotopic (exact) mass is 388 g/mol. The highest BCUT2D eigenvalue weighted by Gasteiger charge is 2.26. The number of para-hydroxylation sites is 1. The molecule has 0 bridgehead atoms. The van der Waals surface area contributed by atoms with E-state index in [0.29, 0.717) is 35.7 Å². The molecule has 1 aliphatic heterocycles. The molecule has 0 spiro atoms. The summed E-state index contributed by atoms with van der Waals surface area (Å²) in [5.74, 6) is -0.192. The number of amides is 3. The molecule has 1 N–H and O–H groups in total. The van der Waals surface area contributed by atoms with Gasteiger partial charge in [-0.05, 0) is 18.6 Å². The zero-order valence-electron chi connectivity index (χ0n) is 15.4. The minimum atomic E-state index is -0.357. The molecule has 2 aromatic rings. The largest absolute Gasteiger partial charge is 0.336 e. The highest BCUT2D eigenvalue weighted by Crippen LogP contribution is 2.19. The van der Waals surface area contributed by atoms with Gasteiger partial charge in [-0.3, -0.25) is 19.1 Å². The van der Waals surface area contributed by atoms with Crippen LogP contribution < -0.4 is 10.9 Å². The molecule has 27 heavy (non-hydrogen) atoms. The number of thioether (sulfide) groups is 1. The summed E-state index contributed by atoms with van der Waals surface area (Å²) in [6.07, 6.45) is 4.19. The van der Waals surface area contributed by atoms with Gasteiger partial charge in [-0.2, -0.15) is 0 Å². The van der Waals surface area contributed by atoms with Gasteiger partial charge < -0.3 is 5.32 Å². The number of imide groups is 1.